The fourth-order valence-corrected chi connectivity index (χ4v) is 4.22. The van der Waals surface area contributed by atoms with Crippen LogP contribution in [0.3, 0.4) is 0 Å². The van der Waals surface area contributed by atoms with Crippen LogP contribution >= 0.6 is 0 Å². The Balaban J connectivity index is 3.15. The highest BCUT2D eigenvalue weighted by atomic mass is 32.2. The summed E-state index contributed by atoms with van der Waals surface area (Å²) >= 11 is 0. The van der Waals surface area contributed by atoms with Gasteiger partial charge in [-0.1, -0.05) is 39.8 Å². The summed E-state index contributed by atoms with van der Waals surface area (Å²) in [5.74, 6) is 0.370. The zero-order valence-corrected chi connectivity index (χ0v) is 14.2. The fraction of sp³-hybridized carbons (Fsp3) is 0.625. The van der Waals surface area contributed by atoms with Crippen LogP contribution in [0.4, 0.5) is 0 Å². The summed E-state index contributed by atoms with van der Waals surface area (Å²) < 4.78 is 27.0. The van der Waals surface area contributed by atoms with Crippen molar-refractivity contribution in [2.24, 2.45) is 0 Å². The van der Waals surface area contributed by atoms with Gasteiger partial charge in [0.2, 0.25) is 10.0 Å². The molecule has 0 bridgehead atoms. The van der Waals surface area contributed by atoms with Gasteiger partial charge in [-0.15, -0.1) is 0 Å². The van der Waals surface area contributed by atoms with Gasteiger partial charge < -0.3 is 5.11 Å². The van der Waals surface area contributed by atoms with Gasteiger partial charge >= 0.3 is 0 Å². The second-order valence-electron chi connectivity index (χ2n) is 5.53. The van der Waals surface area contributed by atoms with E-state index in [0.717, 1.165) is 18.4 Å². The number of hydrogen-bond donors (Lipinski definition) is 1. The molecule has 0 aliphatic carbocycles. The van der Waals surface area contributed by atoms with Crippen LogP contribution in [0, 0.1) is 0 Å². The van der Waals surface area contributed by atoms with E-state index in [9.17, 15) is 13.5 Å². The second-order valence-corrected chi connectivity index (χ2v) is 7.42. The first-order chi connectivity index (χ1) is 9.88. The predicted octanol–water partition coefficient (Wildman–Crippen LogP) is 2.98. The van der Waals surface area contributed by atoms with Crippen molar-refractivity contribution < 1.29 is 13.5 Å². The molecule has 0 aromatic heterocycles. The monoisotopic (exact) mass is 313 g/mol. The zero-order valence-electron chi connectivity index (χ0n) is 13.4. The third kappa shape index (κ3) is 4.28. The molecule has 0 atom stereocenters. The summed E-state index contributed by atoms with van der Waals surface area (Å²) in [5.41, 5.74) is 1.12. The average molecular weight is 313 g/mol. The van der Waals surface area contributed by atoms with Crippen LogP contribution in [0.5, 0.6) is 0 Å². The van der Waals surface area contributed by atoms with Crippen molar-refractivity contribution in [3.63, 3.8) is 0 Å². The van der Waals surface area contributed by atoms with Gasteiger partial charge in [0.15, 0.2) is 0 Å². The molecule has 0 spiro atoms. The lowest BCUT2D eigenvalue weighted by atomic mass is 10.0. The smallest absolute Gasteiger partial charge is 0.243 e. The Hall–Kier alpha value is -0.910. The minimum absolute atomic E-state index is 0.0769. The van der Waals surface area contributed by atoms with E-state index in [4.69, 9.17) is 0 Å². The Bertz CT molecular complexity index is 519. The lowest BCUT2D eigenvalue weighted by Crippen LogP contribution is -2.41. The molecule has 1 aromatic rings. The molecule has 0 saturated heterocycles. The molecule has 1 aromatic carbocycles. The Kier molecular flexibility index (Phi) is 6.84. The van der Waals surface area contributed by atoms with Gasteiger partial charge in [-0.05, 0) is 36.5 Å². The Labute approximate surface area is 128 Å². The van der Waals surface area contributed by atoms with Crippen molar-refractivity contribution in [1.82, 2.24) is 4.31 Å². The van der Waals surface area contributed by atoms with Gasteiger partial charge in [-0.25, -0.2) is 8.42 Å². The lowest BCUT2D eigenvalue weighted by molar-refractivity contribution is 0.219. The first kappa shape index (κ1) is 18.1. The van der Waals surface area contributed by atoms with Crippen LogP contribution in [-0.4, -0.2) is 37.0 Å². The van der Waals surface area contributed by atoms with E-state index in [1.54, 1.807) is 12.1 Å². The maximum atomic E-state index is 12.8. The van der Waals surface area contributed by atoms with Crippen molar-refractivity contribution in [3.05, 3.63) is 29.8 Å². The average Bonchev–Trinajstić information content (AvgIpc) is 2.47. The van der Waals surface area contributed by atoms with Crippen LogP contribution in [0.2, 0.25) is 0 Å². The SMILES string of the molecule is CCC(CC)N(CCO)S(=O)(=O)c1ccc(C(C)C)cc1. The second kappa shape index (κ2) is 7.92. The molecule has 1 rings (SSSR count). The topological polar surface area (TPSA) is 57.6 Å². The predicted molar refractivity (Wildman–Crippen MR) is 85.9 cm³/mol. The number of aliphatic hydroxyl groups excluding tert-OH is 1. The summed E-state index contributed by atoms with van der Waals surface area (Å²) in [7, 11) is -3.56. The molecule has 0 radical (unpaired) electrons. The molecule has 120 valence electrons. The summed E-state index contributed by atoms with van der Waals surface area (Å²) in [4.78, 5) is 0.298. The number of nitrogens with zero attached hydrogens (tertiary/aromatic N) is 1. The quantitative estimate of drug-likeness (QED) is 0.802. The van der Waals surface area contributed by atoms with E-state index < -0.39 is 10.0 Å². The first-order valence-electron chi connectivity index (χ1n) is 7.61. The standard InChI is InChI=1S/C16H27NO3S/c1-5-15(6-2)17(11-12-18)21(19,20)16-9-7-14(8-10-16)13(3)4/h7-10,13,15,18H,5-6,11-12H2,1-4H3. The van der Waals surface area contributed by atoms with Gasteiger partial charge in [0, 0.05) is 12.6 Å². The first-order valence-corrected chi connectivity index (χ1v) is 9.05. The van der Waals surface area contributed by atoms with Gasteiger partial charge in [-0.3, -0.25) is 0 Å². The molecule has 5 heteroatoms. The van der Waals surface area contributed by atoms with E-state index in [0.29, 0.717) is 10.8 Å². The minimum Gasteiger partial charge on any atom is -0.395 e. The largest absolute Gasteiger partial charge is 0.395 e. The number of aliphatic hydroxyl groups is 1. The maximum Gasteiger partial charge on any atom is 0.243 e. The van der Waals surface area contributed by atoms with Crippen LogP contribution in [0.1, 0.15) is 52.0 Å². The van der Waals surface area contributed by atoms with Crippen molar-refractivity contribution in [2.45, 2.75) is 57.4 Å². The highest BCUT2D eigenvalue weighted by Crippen LogP contribution is 2.23. The Morgan fingerprint density at radius 1 is 1.10 bits per heavy atom. The molecule has 21 heavy (non-hydrogen) atoms. The molecule has 4 nitrogen and oxygen atoms in total. The van der Waals surface area contributed by atoms with Crippen LogP contribution < -0.4 is 0 Å². The maximum absolute atomic E-state index is 12.8. The minimum atomic E-state index is -3.56. The van der Waals surface area contributed by atoms with Crippen LogP contribution in [0.25, 0.3) is 0 Å². The number of benzene rings is 1. The molecule has 0 aliphatic heterocycles. The summed E-state index contributed by atoms with van der Waals surface area (Å²) in [6.45, 7) is 8.06. The Morgan fingerprint density at radius 3 is 2.00 bits per heavy atom. The summed E-state index contributed by atoms with van der Waals surface area (Å²) in [6.07, 6.45) is 1.47. The fourth-order valence-electron chi connectivity index (χ4n) is 2.45. The number of rotatable bonds is 8. The van der Waals surface area contributed by atoms with E-state index in [1.165, 1.54) is 4.31 Å². The highest BCUT2D eigenvalue weighted by Gasteiger charge is 2.29. The molecule has 1 N–H and O–H groups in total. The van der Waals surface area contributed by atoms with Crippen LogP contribution in [0.15, 0.2) is 29.2 Å². The number of sulfonamides is 1. The summed E-state index contributed by atoms with van der Waals surface area (Å²) in [6, 6.07) is 6.98. The van der Waals surface area contributed by atoms with Gasteiger partial charge in [-0.2, -0.15) is 4.31 Å². The van der Waals surface area contributed by atoms with Gasteiger partial charge in [0.1, 0.15) is 0 Å². The molecule has 0 heterocycles. The van der Waals surface area contributed by atoms with Gasteiger partial charge in [0.25, 0.3) is 0 Å². The number of hydrogen-bond acceptors (Lipinski definition) is 3. The molecule has 0 saturated carbocycles. The normalized spacial score (nSPS) is 12.6. The third-order valence-corrected chi connectivity index (χ3v) is 5.79. The summed E-state index contributed by atoms with van der Waals surface area (Å²) in [5, 5.41) is 9.20. The molecular weight excluding hydrogens is 286 g/mol. The van der Waals surface area contributed by atoms with Crippen LogP contribution in [-0.2, 0) is 10.0 Å². The molecule has 0 aliphatic rings. The van der Waals surface area contributed by atoms with E-state index in [1.807, 2.05) is 26.0 Å². The molecular formula is C16H27NO3S. The van der Waals surface area contributed by atoms with Crippen molar-refractivity contribution >= 4 is 10.0 Å². The highest BCUT2D eigenvalue weighted by molar-refractivity contribution is 7.89. The molecule has 0 unspecified atom stereocenters. The lowest BCUT2D eigenvalue weighted by Gasteiger charge is -2.29. The molecule has 0 fully saturated rings. The van der Waals surface area contributed by atoms with E-state index in [2.05, 4.69) is 13.8 Å². The van der Waals surface area contributed by atoms with E-state index in [-0.39, 0.29) is 19.2 Å². The van der Waals surface area contributed by atoms with Gasteiger partial charge in [0.05, 0.1) is 11.5 Å². The van der Waals surface area contributed by atoms with E-state index >= 15 is 0 Å². The third-order valence-electron chi connectivity index (χ3n) is 3.82. The van der Waals surface area contributed by atoms with Crippen molar-refractivity contribution in [1.29, 1.82) is 0 Å². The Morgan fingerprint density at radius 2 is 1.62 bits per heavy atom. The van der Waals surface area contributed by atoms with Crippen molar-refractivity contribution in [3.8, 4) is 0 Å². The zero-order chi connectivity index (χ0) is 16.0. The van der Waals surface area contributed by atoms with Crippen molar-refractivity contribution in [2.75, 3.05) is 13.2 Å². The molecule has 0 amide bonds.